The summed E-state index contributed by atoms with van der Waals surface area (Å²) in [4.78, 5) is 4.85. The van der Waals surface area contributed by atoms with Crippen LogP contribution in [0.25, 0.3) is 33.2 Å². The molecule has 3 nitrogen and oxygen atoms in total. The molecule has 2 aliphatic rings. The molecular weight excluding hydrogens is 361 g/mol. The molecule has 1 N–H and O–H groups in total. The molecule has 0 unspecified atom stereocenters. The number of rotatable bonds is 2. The molecule has 134 valence electrons. The number of hydrogen-bond donors (Lipinski definition) is 1. The van der Waals surface area contributed by atoms with E-state index in [1.165, 1.54) is 6.07 Å². The third-order valence-electron chi connectivity index (χ3n) is 4.82. The quantitative estimate of drug-likeness (QED) is 0.400. The number of pyridine rings is 1. The van der Waals surface area contributed by atoms with Gasteiger partial charge in [-0.1, -0.05) is 36.4 Å². The number of aryl methyl sites for hydroxylation is 1. The first-order valence-corrected chi connectivity index (χ1v) is 8.51. The minimum absolute atomic E-state index is 0. The Balaban J connectivity index is 0.00000180. The lowest BCUT2D eigenvalue weighted by Gasteiger charge is -2.19. The Hall–Kier alpha value is -3.11. The molecule has 2 aliphatic heterocycles. The third kappa shape index (κ3) is 2.69. The number of hydrogen-bond acceptors (Lipinski definition) is 2. The number of halogens is 2. The second-order valence-corrected chi connectivity index (χ2v) is 6.41. The summed E-state index contributed by atoms with van der Waals surface area (Å²) >= 11 is 0. The Morgan fingerprint density at radius 1 is 0.889 bits per heavy atom. The lowest BCUT2D eigenvalue weighted by Crippen LogP contribution is -2.04. The number of anilines is 2. The van der Waals surface area contributed by atoms with Gasteiger partial charge in [0.05, 0.1) is 22.4 Å². The van der Waals surface area contributed by atoms with Gasteiger partial charge in [-0.2, -0.15) is 0 Å². The van der Waals surface area contributed by atoms with E-state index in [9.17, 15) is 4.39 Å². The molecule has 0 radical (unpaired) electrons. The Labute approximate surface area is 162 Å². The second kappa shape index (κ2) is 6.56. The zero-order valence-electron chi connectivity index (χ0n) is 14.6. The summed E-state index contributed by atoms with van der Waals surface area (Å²) in [7, 11) is 2.00. The van der Waals surface area contributed by atoms with Gasteiger partial charge in [0.25, 0.3) is 0 Å². The molecule has 0 atom stereocenters. The molecule has 0 fully saturated rings. The first-order chi connectivity index (χ1) is 12.7. The van der Waals surface area contributed by atoms with Crippen LogP contribution in [0.4, 0.5) is 15.8 Å². The van der Waals surface area contributed by atoms with E-state index in [2.05, 4.69) is 16.0 Å². The molecule has 2 heterocycles. The Morgan fingerprint density at radius 3 is 2.44 bits per heavy atom. The molecule has 0 aromatic heterocycles. The first kappa shape index (κ1) is 17.3. The normalized spacial score (nSPS) is 11.0. The van der Waals surface area contributed by atoms with Gasteiger partial charge >= 0.3 is 0 Å². The van der Waals surface area contributed by atoms with E-state index < -0.39 is 0 Å². The van der Waals surface area contributed by atoms with Crippen molar-refractivity contribution in [2.75, 3.05) is 5.32 Å². The molecule has 5 heteroatoms. The van der Waals surface area contributed by atoms with Gasteiger partial charge in [-0.3, -0.25) is 0 Å². The number of aromatic nitrogens is 2. The zero-order chi connectivity index (χ0) is 17.7. The van der Waals surface area contributed by atoms with Crippen molar-refractivity contribution in [3.05, 3.63) is 78.6 Å². The number of nitrogens with zero attached hydrogens (tertiary/aromatic N) is 2. The lowest BCUT2D eigenvalue weighted by molar-refractivity contribution is 0.629. The average molecular weight is 378 g/mol. The molecule has 27 heavy (non-hydrogen) atoms. The Morgan fingerprint density at radius 2 is 1.63 bits per heavy atom. The molecule has 3 aromatic rings. The molecule has 0 saturated carbocycles. The summed E-state index contributed by atoms with van der Waals surface area (Å²) in [5.41, 5.74) is 5.55. The summed E-state index contributed by atoms with van der Waals surface area (Å²) in [6.45, 7) is 0. The minimum Gasteiger partial charge on any atom is -0.353 e. The van der Waals surface area contributed by atoms with E-state index in [1.807, 2.05) is 61.6 Å². The number of fused-ring (bicyclic) bond motifs is 4. The third-order valence-corrected chi connectivity index (χ3v) is 4.82. The number of para-hydroxylation sites is 2. The van der Waals surface area contributed by atoms with E-state index in [0.717, 1.165) is 44.6 Å². The van der Waals surface area contributed by atoms with Crippen LogP contribution in [0, 0.1) is 5.82 Å². The fourth-order valence-electron chi connectivity index (χ4n) is 3.63. The van der Waals surface area contributed by atoms with Crippen LogP contribution in [-0.4, -0.2) is 9.55 Å². The van der Waals surface area contributed by atoms with Gasteiger partial charge in [-0.25, -0.2) is 9.37 Å². The fraction of sp³-hybridized carbons (Fsp3) is 0.0455. The standard InChI is InChI=1S/C22H16FN3.ClH/c1-26-19-12-11-14(23)13-17(19)20(24-15-7-3-2-4-8-15)21-22(26)16-9-5-6-10-18(16)25-21;/h2-13,24H,1H3;1H. The second-order valence-electron chi connectivity index (χ2n) is 6.41. The van der Waals surface area contributed by atoms with E-state index in [1.54, 1.807) is 6.07 Å². The van der Waals surface area contributed by atoms with E-state index in [4.69, 9.17) is 4.98 Å². The maximum absolute atomic E-state index is 14.0. The van der Waals surface area contributed by atoms with Crippen molar-refractivity contribution >= 4 is 45.6 Å². The highest BCUT2D eigenvalue weighted by Gasteiger charge is 2.22. The van der Waals surface area contributed by atoms with Crippen molar-refractivity contribution in [3.8, 4) is 11.4 Å². The minimum atomic E-state index is -0.260. The SMILES string of the molecule is Cl.Cn1c2c3ccccc3nc-2c(Nc2ccccc2)c2cc(F)ccc21. The van der Waals surface area contributed by atoms with Crippen molar-refractivity contribution < 1.29 is 4.39 Å². The zero-order valence-corrected chi connectivity index (χ0v) is 15.4. The highest BCUT2D eigenvalue weighted by atomic mass is 35.5. The van der Waals surface area contributed by atoms with Crippen LogP contribution in [0.2, 0.25) is 0 Å². The van der Waals surface area contributed by atoms with Crippen molar-refractivity contribution in [2.24, 2.45) is 7.05 Å². The summed E-state index contributed by atoms with van der Waals surface area (Å²) < 4.78 is 16.1. The van der Waals surface area contributed by atoms with Gasteiger partial charge in [0.1, 0.15) is 11.5 Å². The summed E-state index contributed by atoms with van der Waals surface area (Å²) in [6, 6.07) is 22.9. The van der Waals surface area contributed by atoms with E-state index >= 15 is 0 Å². The van der Waals surface area contributed by atoms with Gasteiger partial charge in [0.15, 0.2) is 0 Å². The highest BCUT2D eigenvalue weighted by molar-refractivity contribution is 6.09. The summed E-state index contributed by atoms with van der Waals surface area (Å²) in [5.74, 6) is -0.260. The van der Waals surface area contributed by atoms with Gasteiger partial charge in [-0.15, -0.1) is 12.4 Å². The number of nitrogens with one attached hydrogen (secondary N) is 1. The van der Waals surface area contributed by atoms with Gasteiger partial charge in [0, 0.05) is 23.5 Å². The first-order valence-electron chi connectivity index (χ1n) is 8.51. The molecule has 5 rings (SSSR count). The molecular formula is C22H17ClFN3. The smallest absolute Gasteiger partial charge is 0.124 e. The maximum atomic E-state index is 14.0. The highest BCUT2D eigenvalue weighted by Crippen LogP contribution is 2.42. The van der Waals surface area contributed by atoms with Crippen molar-refractivity contribution in [1.29, 1.82) is 0 Å². The molecule has 0 saturated heterocycles. The summed E-state index contributed by atoms with van der Waals surface area (Å²) in [6.07, 6.45) is 0. The molecule has 0 bridgehead atoms. The van der Waals surface area contributed by atoms with E-state index in [-0.39, 0.29) is 18.2 Å². The van der Waals surface area contributed by atoms with Gasteiger partial charge in [-0.05, 0) is 36.4 Å². The number of benzene rings is 3. The predicted molar refractivity (Wildman–Crippen MR) is 112 cm³/mol. The summed E-state index contributed by atoms with van der Waals surface area (Å²) in [5, 5.41) is 5.36. The van der Waals surface area contributed by atoms with Gasteiger partial charge in [0.2, 0.25) is 0 Å². The van der Waals surface area contributed by atoms with Crippen LogP contribution >= 0.6 is 12.4 Å². The molecule has 0 amide bonds. The topological polar surface area (TPSA) is 29.9 Å². The van der Waals surface area contributed by atoms with Crippen LogP contribution in [0.15, 0.2) is 72.8 Å². The van der Waals surface area contributed by atoms with Crippen molar-refractivity contribution in [1.82, 2.24) is 9.55 Å². The van der Waals surface area contributed by atoms with Crippen molar-refractivity contribution in [2.45, 2.75) is 0 Å². The van der Waals surface area contributed by atoms with Crippen molar-refractivity contribution in [3.63, 3.8) is 0 Å². The maximum Gasteiger partial charge on any atom is 0.124 e. The van der Waals surface area contributed by atoms with E-state index in [0.29, 0.717) is 0 Å². The van der Waals surface area contributed by atoms with Crippen LogP contribution in [-0.2, 0) is 7.05 Å². The predicted octanol–water partition coefficient (Wildman–Crippen LogP) is 6.14. The van der Waals surface area contributed by atoms with Crippen LogP contribution in [0.3, 0.4) is 0 Å². The fourth-order valence-corrected chi connectivity index (χ4v) is 3.63. The molecule has 3 aromatic carbocycles. The van der Waals surface area contributed by atoms with Crippen LogP contribution in [0.1, 0.15) is 0 Å². The van der Waals surface area contributed by atoms with Gasteiger partial charge < -0.3 is 9.88 Å². The monoisotopic (exact) mass is 377 g/mol. The van der Waals surface area contributed by atoms with Crippen LogP contribution < -0.4 is 5.32 Å². The lowest BCUT2D eigenvalue weighted by atomic mass is 10.1. The molecule has 0 aliphatic carbocycles. The molecule has 0 spiro atoms. The Bertz CT molecular complexity index is 1230. The Kier molecular flexibility index (Phi) is 4.21. The largest absolute Gasteiger partial charge is 0.353 e. The average Bonchev–Trinajstić information content (AvgIpc) is 3.05. The van der Waals surface area contributed by atoms with Crippen LogP contribution in [0.5, 0.6) is 0 Å².